The lowest BCUT2D eigenvalue weighted by Gasteiger charge is -2.27. The van der Waals surface area contributed by atoms with Gasteiger partial charge in [0.2, 0.25) is 6.79 Å². The lowest BCUT2D eigenvalue weighted by atomic mass is 10.2. The van der Waals surface area contributed by atoms with E-state index in [1.807, 2.05) is 121 Å². The summed E-state index contributed by atoms with van der Waals surface area (Å²) in [7, 11) is 1.64. The fourth-order valence-corrected chi connectivity index (χ4v) is 9.55. The van der Waals surface area contributed by atoms with Crippen molar-refractivity contribution >= 4 is 32.7 Å². The van der Waals surface area contributed by atoms with Crippen molar-refractivity contribution < 1.29 is 61.9 Å². The Morgan fingerprint density at radius 3 is 1.52 bits per heavy atom. The molecule has 4 aliphatic rings. The van der Waals surface area contributed by atoms with Gasteiger partial charge in [-0.1, -0.05) is 18.2 Å². The normalized spacial score (nSPS) is 15.9. The molecule has 0 bridgehead atoms. The second-order valence-corrected chi connectivity index (χ2v) is 20.0. The van der Waals surface area contributed by atoms with Crippen LogP contribution in [0.1, 0.15) is 19.3 Å². The van der Waals surface area contributed by atoms with E-state index in [-0.39, 0.29) is 30.9 Å². The maximum atomic E-state index is 9.53. The molecule has 0 saturated carbocycles. The number of phenols is 1. The summed E-state index contributed by atoms with van der Waals surface area (Å²) in [5, 5.41) is 23.0. The lowest BCUT2D eigenvalue weighted by molar-refractivity contribution is 0.0898. The summed E-state index contributed by atoms with van der Waals surface area (Å²) < 4.78 is 68.6. The average molecular weight is 1140 g/mol. The van der Waals surface area contributed by atoms with Gasteiger partial charge in [-0.05, 0) is 124 Å². The van der Waals surface area contributed by atoms with Gasteiger partial charge in [-0.25, -0.2) is 0 Å². The van der Waals surface area contributed by atoms with Gasteiger partial charge in [-0.3, -0.25) is 15.0 Å². The van der Waals surface area contributed by atoms with Crippen LogP contribution in [0.3, 0.4) is 0 Å². The molecule has 19 heteroatoms. The van der Waals surface area contributed by atoms with E-state index in [1.165, 1.54) is 0 Å². The Hall–Kier alpha value is -9.17. The number of nitrogens with one attached hydrogen (secondary N) is 3. The van der Waals surface area contributed by atoms with Gasteiger partial charge >= 0.3 is 0 Å². The van der Waals surface area contributed by atoms with Crippen LogP contribution in [0.4, 0.5) is 0 Å². The fraction of sp³-hybridized carbons (Fsp3) is 0.308. The van der Waals surface area contributed by atoms with Gasteiger partial charge in [0.05, 0.1) is 43.5 Å². The highest BCUT2D eigenvalue weighted by molar-refractivity contribution is 5.85. The molecule has 436 valence electrons. The van der Waals surface area contributed by atoms with Gasteiger partial charge in [0.25, 0.3) is 0 Å². The molecule has 4 N–H and O–H groups in total. The van der Waals surface area contributed by atoms with Crippen LogP contribution in [0.5, 0.6) is 74.7 Å². The third-order valence-corrected chi connectivity index (χ3v) is 13.8. The van der Waals surface area contributed by atoms with Crippen molar-refractivity contribution in [3.8, 4) is 74.7 Å². The van der Waals surface area contributed by atoms with Crippen LogP contribution in [0.2, 0.25) is 0 Å². The van der Waals surface area contributed by atoms with Gasteiger partial charge in [-0.2, -0.15) is 0 Å². The first-order chi connectivity index (χ1) is 41.5. The number of nitrogens with zero attached hydrogens (tertiary/aromatic N) is 3. The molecule has 0 aliphatic carbocycles. The maximum absolute atomic E-state index is 9.53. The van der Waals surface area contributed by atoms with E-state index in [2.05, 4.69) is 30.9 Å². The lowest BCUT2D eigenvalue weighted by Crippen LogP contribution is -2.39. The molecule has 3 aromatic heterocycles. The Morgan fingerprint density at radius 2 is 0.929 bits per heavy atom. The monoisotopic (exact) mass is 1140 g/mol. The molecular weight excluding hydrogens is 1070 g/mol. The molecule has 84 heavy (non-hydrogen) atoms. The first-order valence-corrected chi connectivity index (χ1v) is 28.3. The summed E-state index contributed by atoms with van der Waals surface area (Å²) in [4.78, 5) is 13.0. The largest absolute Gasteiger partial charge is 0.508 e. The minimum Gasteiger partial charge on any atom is -0.508 e. The molecule has 4 aliphatic heterocycles. The van der Waals surface area contributed by atoms with E-state index in [0.717, 1.165) is 113 Å². The van der Waals surface area contributed by atoms with Gasteiger partial charge in [0.15, 0.2) is 46.0 Å². The quantitative estimate of drug-likeness (QED) is 0.0466. The molecule has 0 radical (unpaired) electrons. The third kappa shape index (κ3) is 15.5. The molecule has 3 unspecified atom stereocenters. The summed E-state index contributed by atoms with van der Waals surface area (Å²) in [6.45, 7) is 8.26. The first kappa shape index (κ1) is 56.7. The van der Waals surface area contributed by atoms with Crippen LogP contribution in [0.25, 0.3) is 32.7 Å². The number of aromatic nitrogens is 3. The summed E-state index contributed by atoms with van der Waals surface area (Å²) >= 11 is 0. The molecule has 9 aromatic rings. The zero-order chi connectivity index (χ0) is 57.1. The van der Waals surface area contributed by atoms with Crippen molar-refractivity contribution in [3.63, 3.8) is 0 Å². The zero-order valence-electron chi connectivity index (χ0n) is 46.7. The second-order valence-electron chi connectivity index (χ2n) is 20.0. The zero-order valence-corrected chi connectivity index (χ0v) is 46.7. The number of pyridine rings is 3. The SMILES string of the molecule is COc1ccc2c(c1)OC(CNCCCOc1ccc3cccnc3c1)CO2.Oc1ccc2c(c1)OC(CNCCCOc1ccc3cccnc3c1)CO2.c1cc(OCCCNCC2COc3cc4c(cc3O2)OCO4)c2cccnc2c1. The van der Waals surface area contributed by atoms with Gasteiger partial charge in [-0.15, -0.1) is 0 Å². The number of rotatable bonds is 22. The van der Waals surface area contributed by atoms with E-state index in [4.69, 9.17) is 56.8 Å². The van der Waals surface area contributed by atoms with Crippen molar-refractivity contribution in [1.82, 2.24) is 30.9 Å². The number of phenolic OH excluding ortho intramolecular Hbond substituents is 1. The maximum Gasteiger partial charge on any atom is 0.231 e. The van der Waals surface area contributed by atoms with Crippen molar-refractivity contribution in [3.05, 3.63) is 158 Å². The number of aromatic hydroxyl groups is 1. The van der Waals surface area contributed by atoms with Crippen LogP contribution >= 0.6 is 0 Å². The first-order valence-electron chi connectivity index (χ1n) is 28.3. The summed E-state index contributed by atoms with van der Waals surface area (Å²) in [5.41, 5.74) is 2.83. The van der Waals surface area contributed by atoms with Crippen LogP contribution in [-0.4, -0.2) is 131 Å². The minimum absolute atomic E-state index is 0.0212. The van der Waals surface area contributed by atoms with E-state index >= 15 is 0 Å². The second kappa shape index (κ2) is 28.7. The summed E-state index contributed by atoms with van der Waals surface area (Å²) in [6, 6.07) is 43.9. The van der Waals surface area contributed by atoms with Crippen molar-refractivity contribution in [1.29, 1.82) is 0 Å². The topological polar surface area (TPSA) is 206 Å². The van der Waals surface area contributed by atoms with Crippen molar-refractivity contribution in [2.24, 2.45) is 0 Å². The molecule has 6 aromatic carbocycles. The number of methoxy groups -OCH3 is 1. The Balaban J connectivity index is 0.000000132. The molecule has 19 nitrogen and oxygen atoms in total. The number of fused-ring (bicyclic) bond motifs is 7. The van der Waals surface area contributed by atoms with Gasteiger partial charge in [0.1, 0.15) is 66.9 Å². The Bertz CT molecular complexity index is 3590. The highest BCUT2D eigenvalue weighted by Gasteiger charge is 2.26. The van der Waals surface area contributed by atoms with E-state index in [9.17, 15) is 5.11 Å². The predicted octanol–water partition coefficient (Wildman–Crippen LogP) is 9.74. The molecular formula is C65H68N6O13. The Morgan fingerprint density at radius 1 is 0.440 bits per heavy atom. The van der Waals surface area contributed by atoms with Crippen LogP contribution in [0, 0.1) is 0 Å². The summed E-state index contributed by atoms with van der Waals surface area (Å²) in [6.07, 6.45) is 7.89. The molecule has 7 heterocycles. The molecule has 13 rings (SSSR count). The third-order valence-electron chi connectivity index (χ3n) is 13.8. The highest BCUT2D eigenvalue weighted by atomic mass is 16.7. The number of hydrogen-bond donors (Lipinski definition) is 4. The Kier molecular flexibility index (Phi) is 19.4. The molecule has 0 spiro atoms. The standard InChI is InChI=1S/C22H22N2O5.C22H24N2O4.C21H22N2O4/c1-5-17-16(4-2-8-24-17)18(6-1)25-9-3-7-23-12-15-13-26-21-10-19-20(28-14-27-19)11-22(21)29-15;1-25-17-7-8-21-22(13-17)28-19(15-27-21)14-23-9-3-11-26-18-6-5-16-4-2-10-24-20(16)12-18;24-16-5-7-20-21(11-16)27-18(14-26-20)13-22-8-2-10-25-17-6-4-15-3-1-9-23-19(15)12-17/h1-2,4-6,8,10-11,15,23H,3,7,9,12-14H2;2,4-8,10,12-13,19,23H,3,9,11,14-15H2,1H3;1,3-7,9,11-12,18,22,24H,2,8,10,13-14H2. The fourth-order valence-electron chi connectivity index (χ4n) is 9.55. The van der Waals surface area contributed by atoms with Gasteiger partial charge in [0, 0.05) is 90.8 Å². The van der Waals surface area contributed by atoms with Crippen LogP contribution in [-0.2, 0) is 0 Å². The van der Waals surface area contributed by atoms with E-state index in [1.54, 1.807) is 43.9 Å². The van der Waals surface area contributed by atoms with E-state index in [0.29, 0.717) is 87.2 Å². The average Bonchev–Trinajstić information content (AvgIpc) is 4.23. The number of ether oxygens (including phenoxy) is 12. The van der Waals surface area contributed by atoms with Crippen LogP contribution in [0.15, 0.2) is 158 Å². The number of benzene rings is 6. The number of hydrogen-bond acceptors (Lipinski definition) is 19. The molecule has 0 saturated heterocycles. The van der Waals surface area contributed by atoms with Crippen molar-refractivity contribution in [2.75, 3.05) is 92.8 Å². The van der Waals surface area contributed by atoms with Gasteiger partial charge < -0.3 is 77.9 Å². The molecule has 3 atom stereocenters. The molecule has 0 amide bonds. The Labute approximate surface area is 487 Å². The smallest absolute Gasteiger partial charge is 0.231 e. The summed E-state index contributed by atoms with van der Waals surface area (Å²) in [5.74, 6) is 9.02. The minimum atomic E-state index is -0.0771. The predicted molar refractivity (Wildman–Crippen MR) is 318 cm³/mol. The van der Waals surface area contributed by atoms with Crippen molar-refractivity contribution in [2.45, 2.75) is 37.6 Å². The van der Waals surface area contributed by atoms with E-state index < -0.39 is 0 Å². The molecule has 0 fully saturated rings. The highest BCUT2D eigenvalue weighted by Crippen LogP contribution is 2.44. The van der Waals surface area contributed by atoms with Crippen LogP contribution < -0.4 is 72.8 Å².